The summed E-state index contributed by atoms with van der Waals surface area (Å²) in [6.45, 7) is 6.30. The number of nitrogens with one attached hydrogen (secondary N) is 1. The van der Waals surface area contributed by atoms with E-state index in [0.717, 1.165) is 38.8 Å². The van der Waals surface area contributed by atoms with Crippen molar-refractivity contribution in [3.8, 4) is 0 Å². The van der Waals surface area contributed by atoms with Crippen LogP contribution in [0.1, 0.15) is 39.5 Å². The number of carbonyl (C=O) groups is 1. The van der Waals surface area contributed by atoms with Crippen molar-refractivity contribution >= 4 is 5.91 Å². The summed E-state index contributed by atoms with van der Waals surface area (Å²) in [5.41, 5.74) is 0.0847. The molecule has 0 aliphatic carbocycles. The highest BCUT2D eigenvalue weighted by molar-refractivity contribution is 5.83. The van der Waals surface area contributed by atoms with Crippen LogP contribution in [-0.2, 0) is 4.79 Å². The molecular formula is C11H20N2O. The highest BCUT2D eigenvalue weighted by Gasteiger charge is 2.38. The second kappa shape index (κ2) is 3.54. The molecule has 0 radical (unpaired) electrons. The summed E-state index contributed by atoms with van der Waals surface area (Å²) in [6, 6.07) is 0.104. The van der Waals surface area contributed by atoms with E-state index in [1.165, 1.54) is 0 Å². The second-order valence-electron chi connectivity index (χ2n) is 5.05. The highest BCUT2D eigenvalue weighted by atomic mass is 16.2. The van der Waals surface area contributed by atoms with E-state index in [2.05, 4.69) is 24.1 Å². The molecule has 2 fully saturated rings. The van der Waals surface area contributed by atoms with E-state index in [1.54, 1.807) is 0 Å². The third-order valence-corrected chi connectivity index (χ3v) is 3.53. The average molecular weight is 196 g/mol. The minimum atomic E-state index is 0.0847. The molecule has 80 valence electrons. The summed E-state index contributed by atoms with van der Waals surface area (Å²) in [5, 5.41) is 3.28. The van der Waals surface area contributed by atoms with E-state index in [4.69, 9.17) is 0 Å². The van der Waals surface area contributed by atoms with Crippen molar-refractivity contribution in [3.05, 3.63) is 0 Å². The maximum atomic E-state index is 12.1. The molecule has 1 atom stereocenters. The molecule has 2 aliphatic rings. The van der Waals surface area contributed by atoms with Crippen LogP contribution in [0.4, 0.5) is 0 Å². The minimum absolute atomic E-state index is 0.0847. The molecule has 1 amide bonds. The van der Waals surface area contributed by atoms with Crippen LogP contribution < -0.4 is 5.32 Å². The van der Waals surface area contributed by atoms with Crippen LogP contribution in [-0.4, -0.2) is 35.5 Å². The first-order valence-electron chi connectivity index (χ1n) is 5.66. The maximum absolute atomic E-state index is 12.1. The van der Waals surface area contributed by atoms with Crippen molar-refractivity contribution in [2.45, 2.75) is 51.1 Å². The normalized spacial score (nSPS) is 31.0. The number of hydrogen-bond donors (Lipinski definition) is 1. The van der Waals surface area contributed by atoms with Crippen LogP contribution in [0.15, 0.2) is 0 Å². The lowest BCUT2D eigenvalue weighted by atomic mass is 10.0. The Bertz CT molecular complexity index is 231. The lowest BCUT2D eigenvalue weighted by molar-refractivity contribution is -0.136. The number of likely N-dealkylation sites (tertiary alicyclic amines) is 1. The number of rotatable bonds is 1. The smallest absolute Gasteiger partial charge is 0.240 e. The van der Waals surface area contributed by atoms with Crippen LogP contribution in [0.2, 0.25) is 0 Å². The van der Waals surface area contributed by atoms with Gasteiger partial charge in [0.2, 0.25) is 5.91 Å². The fourth-order valence-electron chi connectivity index (χ4n) is 2.60. The SMILES string of the molecule is CC1(C)CCCN1C(=O)[C@H]1CCCN1. The van der Waals surface area contributed by atoms with Gasteiger partial charge in [-0.15, -0.1) is 0 Å². The molecular weight excluding hydrogens is 176 g/mol. The van der Waals surface area contributed by atoms with Gasteiger partial charge in [0.1, 0.15) is 0 Å². The van der Waals surface area contributed by atoms with Crippen molar-refractivity contribution in [2.75, 3.05) is 13.1 Å². The maximum Gasteiger partial charge on any atom is 0.240 e. The van der Waals surface area contributed by atoms with Gasteiger partial charge in [0.25, 0.3) is 0 Å². The van der Waals surface area contributed by atoms with Crippen LogP contribution in [0.25, 0.3) is 0 Å². The second-order valence-corrected chi connectivity index (χ2v) is 5.05. The lowest BCUT2D eigenvalue weighted by Crippen LogP contribution is -2.50. The third kappa shape index (κ3) is 1.65. The molecule has 0 saturated carbocycles. The minimum Gasteiger partial charge on any atom is -0.336 e. The number of amides is 1. The van der Waals surface area contributed by atoms with Gasteiger partial charge in [-0.1, -0.05) is 0 Å². The van der Waals surface area contributed by atoms with Gasteiger partial charge in [-0.3, -0.25) is 4.79 Å². The molecule has 3 heteroatoms. The standard InChI is InChI=1S/C11H20N2O/c1-11(2)6-4-8-13(11)10(14)9-5-3-7-12-9/h9,12H,3-8H2,1-2H3/t9-/m1/s1. The van der Waals surface area contributed by atoms with E-state index in [1.807, 2.05) is 0 Å². The van der Waals surface area contributed by atoms with Crippen LogP contribution in [0.5, 0.6) is 0 Å². The molecule has 1 N–H and O–H groups in total. The lowest BCUT2D eigenvalue weighted by Gasteiger charge is -2.33. The van der Waals surface area contributed by atoms with Crippen molar-refractivity contribution in [2.24, 2.45) is 0 Å². The summed E-state index contributed by atoms with van der Waals surface area (Å²) in [5.74, 6) is 0.324. The van der Waals surface area contributed by atoms with Gasteiger partial charge in [0.15, 0.2) is 0 Å². The van der Waals surface area contributed by atoms with E-state index in [-0.39, 0.29) is 11.6 Å². The molecule has 14 heavy (non-hydrogen) atoms. The Kier molecular flexibility index (Phi) is 2.52. The van der Waals surface area contributed by atoms with Crippen LogP contribution in [0, 0.1) is 0 Å². The topological polar surface area (TPSA) is 32.3 Å². The van der Waals surface area contributed by atoms with Crippen molar-refractivity contribution < 1.29 is 4.79 Å². The van der Waals surface area contributed by atoms with E-state index >= 15 is 0 Å². The van der Waals surface area contributed by atoms with Crippen LogP contribution >= 0.6 is 0 Å². The van der Waals surface area contributed by atoms with Gasteiger partial charge in [-0.05, 0) is 46.1 Å². The number of hydrogen-bond acceptors (Lipinski definition) is 2. The molecule has 0 bridgehead atoms. The molecule has 3 nitrogen and oxygen atoms in total. The Morgan fingerprint density at radius 1 is 1.43 bits per heavy atom. The highest BCUT2D eigenvalue weighted by Crippen LogP contribution is 2.29. The van der Waals surface area contributed by atoms with E-state index < -0.39 is 0 Å². The molecule has 0 aromatic rings. The fraction of sp³-hybridized carbons (Fsp3) is 0.909. The first-order valence-corrected chi connectivity index (χ1v) is 5.66. The third-order valence-electron chi connectivity index (χ3n) is 3.53. The van der Waals surface area contributed by atoms with Gasteiger partial charge in [-0.2, -0.15) is 0 Å². The Morgan fingerprint density at radius 3 is 2.71 bits per heavy atom. The molecule has 0 aromatic carbocycles. The zero-order valence-corrected chi connectivity index (χ0v) is 9.18. The quantitative estimate of drug-likeness (QED) is 0.682. The summed E-state index contributed by atoms with van der Waals surface area (Å²) < 4.78 is 0. The summed E-state index contributed by atoms with van der Waals surface area (Å²) in [4.78, 5) is 14.2. The summed E-state index contributed by atoms with van der Waals surface area (Å²) in [6.07, 6.45) is 4.47. The Morgan fingerprint density at radius 2 is 2.21 bits per heavy atom. The number of carbonyl (C=O) groups excluding carboxylic acids is 1. The van der Waals surface area contributed by atoms with Crippen molar-refractivity contribution in [1.82, 2.24) is 10.2 Å². The van der Waals surface area contributed by atoms with Gasteiger partial charge in [0.05, 0.1) is 6.04 Å². The zero-order chi connectivity index (χ0) is 10.2. The molecule has 2 rings (SSSR count). The molecule has 2 aliphatic heterocycles. The summed E-state index contributed by atoms with van der Waals surface area (Å²) >= 11 is 0. The fourth-order valence-corrected chi connectivity index (χ4v) is 2.60. The van der Waals surface area contributed by atoms with Gasteiger partial charge < -0.3 is 10.2 Å². The Hall–Kier alpha value is -0.570. The molecule has 2 heterocycles. The largest absolute Gasteiger partial charge is 0.336 e. The van der Waals surface area contributed by atoms with Crippen molar-refractivity contribution in [3.63, 3.8) is 0 Å². The van der Waals surface area contributed by atoms with Crippen LogP contribution in [0.3, 0.4) is 0 Å². The van der Waals surface area contributed by atoms with E-state index in [0.29, 0.717) is 5.91 Å². The van der Waals surface area contributed by atoms with E-state index in [9.17, 15) is 4.79 Å². The van der Waals surface area contributed by atoms with Gasteiger partial charge >= 0.3 is 0 Å². The predicted molar refractivity (Wildman–Crippen MR) is 56.1 cm³/mol. The van der Waals surface area contributed by atoms with Gasteiger partial charge in [0, 0.05) is 12.1 Å². The van der Waals surface area contributed by atoms with Gasteiger partial charge in [-0.25, -0.2) is 0 Å². The molecule has 0 unspecified atom stereocenters. The summed E-state index contributed by atoms with van der Waals surface area (Å²) in [7, 11) is 0. The predicted octanol–water partition coefficient (Wildman–Crippen LogP) is 1.14. The molecule has 2 saturated heterocycles. The Balaban J connectivity index is 2.03. The number of nitrogens with zero attached hydrogens (tertiary/aromatic N) is 1. The first-order chi connectivity index (χ1) is 6.61. The average Bonchev–Trinajstić information content (AvgIpc) is 2.71. The van der Waals surface area contributed by atoms with Crippen molar-refractivity contribution in [1.29, 1.82) is 0 Å². The molecule has 0 aromatic heterocycles. The monoisotopic (exact) mass is 196 g/mol. The zero-order valence-electron chi connectivity index (χ0n) is 9.18. The first kappa shape index (κ1) is 9.97. The Labute approximate surface area is 85.8 Å². The molecule has 0 spiro atoms.